The first-order valence-electron chi connectivity index (χ1n) is 20.8. The van der Waals surface area contributed by atoms with Crippen molar-refractivity contribution in [2.75, 3.05) is 26.2 Å². The van der Waals surface area contributed by atoms with Gasteiger partial charge >= 0.3 is 11.9 Å². The Morgan fingerprint density at radius 1 is 0.420 bits per heavy atom. The molecule has 294 valence electrons. The summed E-state index contributed by atoms with van der Waals surface area (Å²) in [5.74, 6) is -2.66. The number of rotatable bonds is 37. The summed E-state index contributed by atoms with van der Waals surface area (Å²) in [5, 5.41) is 5.16. The summed E-state index contributed by atoms with van der Waals surface area (Å²) in [7, 11) is 0. The van der Waals surface area contributed by atoms with E-state index in [0.717, 1.165) is 38.5 Å². The summed E-state index contributed by atoms with van der Waals surface area (Å²) in [6, 6.07) is 0. The van der Waals surface area contributed by atoms with Crippen LogP contribution < -0.4 is 22.1 Å². The fourth-order valence-corrected chi connectivity index (χ4v) is 6.07. The first kappa shape index (κ1) is 47.8. The van der Waals surface area contributed by atoms with E-state index in [1.165, 1.54) is 116 Å². The molecule has 6 N–H and O–H groups in total. The third-order valence-electron chi connectivity index (χ3n) is 9.16. The number of hydrogen-bond acceptors (Lipinski definition) is 8. The van der Waals surface area contributed by atoms with Crippen molar-refractivity contribution in [3.8, 4) is 0 Å². The Morgan fingerprint density at radius 2 is 0.660 bits per heavy atom. The Morgan fingerprint density at radius 3 is 0.900 bits per heavy atom. The normalized spacial score (nSPS) is 12.3. The molecule has 0 bridgehead atoms. The zero-order valence-electron chi connectivity index (χ0n) is 32.4. The molecule has 0 saturated heterocycles. The molecule has 0 aliphatic carbocycles. The highest BCUT2D eigenvalue weighted by atomic mass is 16.6. The highest BCUT2D eigenvalue weighted by Gasteiger charge is 2.40. The van der Waals surface area contributed by atoms with Gasteiger partial charge < -0.3 is 31.6 Å². The van der Waals surface area contributed by atoms with E-state index in [9.17, 15) is 19.2 Å². The third-order valence-corrected chi connectivity index (χ3v) is 9.16. The molecular formula is C40H78N4O6. The molecule has 0 aromatic rings. The van der Waals surface area contributed by atoms with Crippen LogP contribution in [0, 0.1) is 0 Å². The molecule has 10 heteroatoms. The Bertz CT molecular complexity index is 762. The van der Waals surface area contributed by atoms with Crippen LogP contribution in [0.4, 0.5) is 0 Å². The van der Waals surface area contributed by atoms with Gasteiger partial charge in [-0.3, -0.25) is 19.2 Å². The highest BCUT2D eigenvalue weighted by molar-refractivity contribution is 5.93. The standard InChI is InChI=1S/C40H78N4O6/c1-3-5-7-9-11-13-15-17-19-21-23-25-27-29-35(45)49-37(39(47)43-33-31-41)38(40(48)44-34-32-42)50-36(46)30-28-26-24-22-20-18-16-14-12-10-8-6-4-2/h37-38H,3-34,41-42H2,1-2H3,(H,43,47)(H,44,48)/t37-,38-/m1/s1. The first-order valence-corrected chi connectivity index (χ1v) is 20.8. The maximum absolute atomic E-state index is 13.1. The number of ether oxygens (including phenoxy) is 2. The van der Waals surface area contributed by atoms with Gasteiger partial charge in [0, 0.05) is 39.0 Å². The first-order chi connectivity index (χ1) is 24.4. The molecule has 2 atom stereocenters. The van der Waals surface area contributed by atoms with Gasteiger partial charge in [-0.1, -0.05) is 168 Å². The largest absolute Gasteiger partial charge is 0.448 e. The molecule has 0 unspecified atom stereocenters. The monoisotopic (exact) mass is 711 g/mol. The molecule has 0 radical (unpaired) electrons. The van der Waals surface area contributed by atoms with Crippen LogP contribution in [0.25, 0.3) is 0 Å². The van der Waals surface area contributed by atoms with Gasteiger partial charge in [0.1, 0.15) is 0 Å². The van der Waals surface area contributed by atoms with Crippen molar-refractivity contribution in [2.24, 2.45) is 11.5 Å². The smallest absolute Gasteiger partial charge is 0.306 e. The van der Waals surface area contributed by atoms with Crippen LogP contribution >= 0.6 is 0 Å². The number of nitrogens with two attached hydrogens (primary N) is 2. The summed E-state index contributed by atoms with van der Waals surface area (Å²) in [5.41, 5.74) is 11.1. The average molecular weight is 711 g/mol. The Labute approximate surface area is 306 Å². The van der Waals surface area contributed by atoms with Gasteiger partial charge in [-0.2, -0.15) is 0 Å². The third kappa shape index (κ3) is 29.5. The summed E-state index contributed by atoms with van der Waals surface area (Å²) < 4.78 is 11.1. The van der Waals surface area contributed by atoms with Crippen LogP contribution in [-0.4, -0.2) is 62.1 Å². The molecule has 0 aliphatic heterocycles. The fraction of sp³-hybridized carbons (Fsp3) is 0.900. The molecule has 0 rings (SSSR count). The molecule has 0 heterocycles. The van der Waals surface area contributed by atoms with E-state index in [1.807, 2.05) is 0 Å². The van der Waals surface area contributed by atoms with Crippen LogP contribution in [0.3, 0.4) is 0 Å². The molecule has 0 aliphatic rings. The van der Waals surface area contributed by atoms with Crippen molar-refractivity contribution < 1.29 is 28.7 Å². The van der Waals surface area contributed by atoms with Gasteiger partial charge in [0.15, 0.2) is 0 Å². The van der Waals surface area contributed by atoms with Crippen molar-refractivity contribution in [3.63, 3.8) is 0 Å². The van der Waals surface area contributed by atoms with Crippen molar-refractivity contribution in [3.05, 3.63) is 0 Å². The number of esters is 2. The summed E-state index contributed by atoms with van der Waals surface area (Å²) in [6.07, 6.45) is 27.7. The van der Waals surface area contributed by atoms with Gasteiger partial charge in [-0.15, -0.1) is 0 Å². The minimum absolute atomic E-state index is 0.114. The molecule has 0 aromatic carbocycles. The molecule has 2 amide bonds. The Balaban J connectivity index is 4.70. The maximum Gasteiger partial charge on any atom is 0.306 e. The van der Waals surface area contributed by atoms with Crippen molar-refractivity contribution >= 4 is 23.8 Å². The van der Waals surface area contributed by atoms with Gasteiger partial charge in [-0.05, 0) is 12.8 Å². The number of amides is 2. The van der Waals surface area contributed by atoms with E-state index in [1.54, 1.807) is 0 Å². The van der Waals surface area contributed by atoms with Gasteiger partial charge in [0.05, 0.1) is 0 Å². The van der Waals surface area contributed by atoms with Crippen molar-refractivity contribution in [2.45, 2.75) is 206 Å². The topological polar surface area (TPSA) is 163 Å². The van der Waals surface area contributed by atoms with E-state index >= 15 is 0 Å². The SMILES string of the molecule is CCCCCCCCCCCCCCCC(=O)O[C@@H](C(=O)NCCN)[C@@H](OC(=O)CCCCCCCCCCCCCCC)C(=O)NCCN. The van der Waals surface area contributed by atoms with E-state index in [-0.39, 0.29) is 39.0 Å². The number of nitrogens with one attached hydrogen (secondary N) is 2. The van der Waals surface area contributed by atoms with Crippen LogP contribution in [0.5, 0.6) is 0 Å². The molecule has 0 fully saturated rings. The van der Waals surface area contributed by atoms with E-state index in [2.05, 4.69) is 24.5 Å². The van der Waals surface area contributed by atoms with Crippen LogP contribution in [0.2, 0.25) is 0 Å². The number of hydrogen-bond donors (Lipinski definition) is 4. The van der Waals surface area contributed by atoms with Gasteiger partial charge in [0.2, 0.25) is 12.2 Å². The van der Waals surface area contributed by atoms with E-state index in [4.69, 9.17) is 20.9 Å². The second-order valence-electron chi connectivity index (χ2n) is 14.0. The molecule has 0 aromatic heterocycles. The lowest BCUT2D eigenvalue weighted by molar-refractivity contribution is -0.176. The van der Waals surface area contributed by atoms with Crippen LogP contribution in [0.1, 0.15) is 194 Å². The van der Waals surface area contributed by atoms with E-state index < -0.39 is 36.0 Å². The van der Waals surface area contributed by atoms with E-state index in [0.29, 0.717) is 12.8 Å². The second-order valence-corrected chi connectivity index (χ2v) is 14.0. The molecular weight excluding hydrogens is 632 g/mol. The van der Waals surface area contributed by atoms with Gasteiger partial charge in [0.25, 0.3) is 11.8 Å². The lowest BCUT2D eigenvalue weighted by Gasteiger charge is -2.25. The quantitative estimate of drug-likeness (QED) is 0.0373. The van der Waals surface area contributed by atoms with Crippen molar-refractivity contribution in [1.82, 2.24) is 10.6 Å². The minimum Gasteiger partial charge on any atom is -0.448 e. The fourth-order valence-electron chi connectivity index (χ4n) is 6.07. The average Bonchev–Trinajstić information content (AvgIpc) is 3.11. The molecule has 10 nitrogen and oxygen atoms in total. The summed E-state index contributed by atoms with van der Waals surface area (Å²) >= 11 is 0. The number of carbonyl (C=O) groups excluding carboxylic acids is 4. The summed E-state index contributed by atoms with van der Waals surface area (Å²) in [6.45, 7) is 5.05. The van der Waals surface area contributed by atoms with Gasteiger partial charge in [-0.25, -0.2) is 0 Å². The lowest BCUT2D eigenvalue weighted by atomic mass is 10.0. The predicted molar refractivity (Wildman–Crippen MR) is 205 cm³/mol. The van der Waals surface area contributed by atoms with Crippen molar-refractivity contribution in [1.29, 1.82) is 0 Å². The highest BCUT2D eigenvalue weighted by Crippen LogP contribution is 2.16. The Kier molecular flexibility index (Phi) is 35.0. The number of carbonyl (C=O) groups is 4. The minimum atomic E-state index is -1.62. The predicted octanol–water partition coefficient (Wildman–Crippen LogP) is 7.92. The number of unbranched alkanes of at least 4 members (excludes halogenated alkanes) is 24. The van der Waals surface area contributed by atoms with Crippen LogP contribution in [-0.2, 0) is 28.7 Å². The van der Waals surface area contributed by atoms with Crippen LogP contribution in [0.15, 0.2) is 0 Å². The molecule has 50 heavy (non-hydrogen) atoms. The summed E-state index contributed by atoms with van der Waals surface area (Å²) in [4.78, 5) is 51.8. The molecule has 0 saturated carbocycles. The lowest BCUT2D eigenvalue weighted by Crippen LogP contribution is -2.54. The maximum atomic E-state index is 13.1. The second kappa shape index (κ2) is 36.6. The molecule has 0 spiro atoms. The Hall–Kier alpha value is -2.20. The zero-order valence-corrected chi connectivity index (χ0v) is 32.4. The zero-order chi connectivity index (χ0) is 36.9.